The number of amides is 2. The number of hydrogen-bond acceptors (Lipinski definition) is 5. The van der Waals surface area contributed by atoms with Crippen molar-refractivity contribution in [1.29, 1.82) is 0 Å². The first kappa shape index (κ1) is 18.9. The minimum atomic E-state index is -0.710. The van der Waals surface area contributed by atoms with Crippen molar-refractivity contribution in [2.24, 2.45) is 5.41 Å². The molecule has 7 nitrogen and oxygen atoms in total. The Labute approximate surface area is 167 Å². The van der Waals surface area contributed by atoms with E-state index in [2.05, 4.69) is 15.3 Å². The van der Waals surface area contributed by atoms with Crippen molar-refractivity contribution in [2.45, 2.75) is 57.7 Å². The molecule has 4 rings (SSSR count). The Morgan fingerprint density at radius 3 is 2.93 bits per heavy atom. The lowest BCUT2D eigenvalue weighted by atomic mass is 9.70. The van der Waals surface area contributed by atoms with Gasteiger partial charge in [-0.05, 0) is 45.2 Å². The van der Waals surface area contributed by atoms with Gasteiger partial charge in [-0.15, -0.1) is 11.3 Å². The van der Waals surface area contributed by atoms with Gasteiger partial charge < -0.3 is 15.2 Å². The number of nitrogens with zero attached hydrogens (tertiary/aromatic N) is 2. The molecule has 0 aliphatic carbocycles. The number of carbonyl (C=O) groups excluding carboxylic acids is 2. The van der Waals surface area contributed by atoms with E-state index in [1.165, 1.54) is 17.5 Å². The maximum absolute atomic E-state index is 13.3. The number of pyridine rings is 1. The molecule has 148 valence electrons. The number of aromatic amines is 1. The average Bonchev–Trinajstić information content (AvgIpc) is 3.37. The number of H-pyrrole nitrogens is 1. The fraction of sp³-hybridized carbons (Fsp3) is 0.500. The lowest BCUT2D eigenvalue weighted by Crippen LogP contribution is -2.52. The van der Waals surface area contributed by atoms with Crippen LogP contribution in [0.15, 0.2) is 34.0 Å². The quantitative estimate of drug-likeness (QED) is 0.802. The number of aromatic nitrogens is 2. The van der Waals surface area contributed by atoms with Gasteiger partial charge in [0.1, 0.15) is 5.56 Å². The minimum Gasteiger partial charge on any atom is -0.353 e. The van der Waals surface area contributed by atoms with Crippen molar-refractivity contribution in [2.75, 3.05) is 0 Å². The van der Waals surface area contributed by atoms with Crippen LogP contribution < -0.4 is 10.9 Å². The van der Waals surface area contributed by atoms with Gasteiger partial charge in [0, 0.05) is 36.1 Å². The third-order valence-corrected chi connectivity index (χ3v) is 6.51. The number of carbonyl (C=O) groups is 2. The predicted octanol–water partition coefficient (Wildman–Crippen LogP) is 1.96. The highest BCUT2D eigenvalue weighted by Crippen LogP contribution is 2.52. The van der Waals surface area contributed by atoms with Crippen LogP contribution in [-0.4, -0.2) is 44.8 Å². The van der Waals surface area contributed by atoms with E-state index in [1.807, 2.05) is 19.2 Å². The Morgan fingerprint density at radius 2 is 2.25 bits per heavy atom. The molecular formula is C20H24N4O3S. The summed E-state index contributed by atoms with van der Waals surface area (Å²) in [4.78, 5) is 47.5. The van der Waals surface area contributed by atoms with Gasteiger partial charge in [-0.1, -0.05) is 0 Å². The summed E-state index contributed by atoms with van der Waals surface area (Å²) in [6.07, 6.45) is 4.24. The molecule has 2 fully saturated rings. The lowest BCUT2D eigenvalue weighted by molar-refractivity contribution is -0.133. The van der Waals surface area contributed by atoms with Gasteiger partial charge in [0.2, 0.25) is 5.91 Å². The Balaban J connectivity index is 1.71. The first-order chi connectivity index (χ1) is 13.4. The van der Waals surface area contributed by atoms with E-state index in [4.69, 9.17) is 0 Å². The standard InChI is InChI=1S/C20H24N4O3S/c1-12(2)23-19(27)20(8-13-10-28-11-22-13)9-14-5-6-16(20)24(14)18(26)15-4-3-7-21-17(15)25/h3-4,7,10-12,14,16H,5-6,8-9H2,1-2H3,(H,21,25)(H,23,27)/t14-,16+,20+/m1/s1. The number of fused-ring (bicyclic) bond motifs is 2. The molecule has 2 aromatic rings. The van der Waals surface area contributed by atoms with Gasteiger partial charge in [-0.2, -0.15) is 0 Å². The second-order valence-electron chi connectivity index (χ2n) is 8.02. The summed E-state index contributed by atoms with van der Waals surface area (Å²) >= 11 is 1.50. The highest BCUT2D eigenvalue weighted by atomic mass is 32.1. The van der Waals surface area contributed by atoms with Crippen molar-refractivity contribution in [3.8, 4) is 0 Å². The number of hydrogen-bond donors (Lipinski definition) is 2. The molecule has 2 saturated heterocycles. The van der Waals surface area contributed by atoms with Gasteiger partial charge >= 0.3 is 0 Å². The molecule has 2 bridgehead atoms. The fourth-order valence-electron chi connectivity index (χ4n) is 4.79. The fourth-order valence-corrected chi connectivity index (χ4v) is 5.35. The molecular weight excluding hydrogens is 376 g/mol. The molecule has 0 unspecified atom stereocenters. The third-order valence-electron chi connectivity index (χ3n) is 5.88. The Hall–Kier alpha value is -2.48. The molecule has 0 aromatic carbocycles. The first-order valence-corrected chi connectivity index (χ1v) is 10.5. The van der Waals surface area contributed by atoms with Crippen LogP contribution in [-0.2, 0) is 11.2 Å². The van der Waals surface area contributed by atoms with Crippen molar-refractivity contribution in [3.63, 3.8) is 0 Å². The van der Waals surface area contributed by atoms with Crippen molar-refractivity contribution in [1.82, 2.24) is 20.2 Å². The summed E-state index contributed by atoms with van der Waals surface area (Å²) in [5.41, 5.74) is 1.67. The molecule has 2 N–H and O–H groups in total. The summed E-state index contributed by atoms with van der Waals surface area (Å²) in [7, 11) is 0. The number of nitrogens with one attached hydrogen (secondary N) is 2. The molecule has 0 radical (unpaired) electrons. The normalized spacial score (nSPS) is 26.0. The molecule has 2 aliphatic heterocycles. The van der Waals surface area contributed by atoms with E-state index in [0.29, 0.717) is 12.8 Å². The Kier molecular flexibility index (Phi) is 4.82. The summed E-state index contributed by atoms with van der Waals surface area (Å²) < 4.78 is 0. The van der Waals surface area contributed by atoms with Crippen molar-refractivity contribution in [3.05, 3.63) is 50.8 Å². The average molecular weight is 401 g/mol. The van der Waals surface area contributed by atoms with Gasteiger partial charge in [-0.3, -0.25) is 14.4 Å². The van der Waals surface area contributed by atoms with Gasteiger partial charge in [0.05, 0.1) is 16.6 Å². The van der Waals surface area contributed by atoms with Gasteiger partial charge in [0.15, 0.2) is 0 Å². The van der Waals surface area contributed by atoms with E-state index >= 15 is 0 Å². The summed E-state index contributed by atoms with van der Waals surface area (Å²) in [6.45, 7) is 3.88. The largest absolute Gasteiger partial charge is 0.353 e. The molecule has 8 heteroatoms. The number of rotatable bonds is 5. The van der Waals surface area contributed by atoms with E-state index in [9.17, 15) is 14.4 Å². The Bertz CT molecular complexity index is 939. The van der Waals surface area contributed by atoms with Crippen LogP contribution in [0.2, 0.25) is 0 Å². The van der Waals surface area contributed by atoms with Crippen LogP contribution in [0.4, 0.5) is 0 Å². The predicted molar refractivity (Wildman–Crippen MR) is 106 cm³/mol. The SMILES string of the molecule is CC(C)NC(=O)[C@@]1(Cc2cscn2)C[C@H]2CC[C@@H]1N2C(=O)c1ccc[nH]c1=O. The van der Waals surface area contributed by atoms with E-state index in [0.717, 1.165) is 18.5 Å². The van der Waals surface area contributed by atoms with Crippen LogP contribution in [0.5, 0.6) is 0 Å². The second kappa shape index (κ2) is 7.16. The molecule has 0 spiro atoms. The zero-order chi connectivity index (χ0) is 19.9. The van der Waals surface area contributed by atoms with Crippen molar-refractivity contribution >= 4 is 23.2 Å². The van der Waals surface area contributed by atoms with E-state index in [1.54, 1.807) is 22.5 Å². The lowest BCUT2D eigenvalue weighted by Gasteiger charge is -2.36. The van der Waals surface area contributed by atoms with Gasteiger partial charge in [-0.25, -0.2) is 4.98 Å². The zero-order valence-corrected chi connectivity index (χ0v) is 16.8. The highest BCUT2D eigenvalue weighted by molar-refractivity contribution is 7.07. The second-order valence-corrected chi connectivity index (χ2v) is 8.74. The molecule has 4 heterocycles. The highest BCUT2D eigenvalue weighted by Gasteiger charge is 2.61. The summed E-state index contributed by atoms with van der Waals surface area (Å²) in [5.74, 6) is -0.311. The third kappa shape index (κ3) is 3.05. The maximum atomic E-state index is 13.3. The van der Waals surface area contributed by atoms with E-state index in [-0.39, 0.29) is 35.5 Å². The van der Waals surface area contributed by atoms with Crippen molar-refractivity contribution < 1.29 is 9.59 Å². The molecule has 28 heavy (non-hydrogen) atoms. The maximum Gasteiger partial charge on any atom is 0.260 e. The minimum absolute atomic E-state index is 0.0139. The van der Waals surface area contributed by atoms with Crippen LogP contribution in [0.1, 0.15) is 49.2 Å². The molecule has 3 atom stereocenters. The monoisotopic (exact) mass is 400 g/mol. The topological polar surface area (TPSA) is 95.2 Å². The Morgan fingerprint density at radius 1 is 1.43 bits per heavy atom. The smallest absolute Gasteiger partial charge is 0.260 e. The summed E-state index contributed by atoms with van der Waals surface area (Å²) in [5, 5.41) is 5.03. The molecule has 2 amide bonds. The summed E-state index contributed by atoms with van der Waals surface area (Å²) in [6, 6.07) is 2.95. The van der Waals surface area contributed by atoms with Crippen LogP contribution in [0, 0.1) is 5.41 Å². The first-order valence-electron chi connectivity index (χ1n) is 9.61. The molecule has 2 aromatic heterocycles. The zero-order valence-electron chi connectivity index (χ0n) is 16.0. The van der Waals surface area contributed by atoms with Crippen LogP contribution in [0.3, 0.4) is 0 Å². The molecule has 2 aliphatic rings. The van der Waals surface area contributed by atoms with Crippen LogP contribution in [0.25, 0.3) is 0 Å². The molecule has 0 saturated carbocycles. The van der Waals surface area contributed by atoms with Gasteiger partial charge in [0.25, 0.3) is 11.5 Å². The van der Waals surface area contributed by atoms with Crippen LogP contribution >= 0.6 is 11.3 Å². The van der Waals surface area contributed by atoms with E-state index < -0.39 is 11.0 Å². The number of thiazole rings is 1.